The fourth-order valence-corrected chi connectivity index (χ4v) is 3.63. The van der Waals surface area contributed by atoms with Gasteiger partial charge in [-0.2, -0.15) is 5.10 Å². The number of halogens is 1. The van der Waals surface area contributed by atoms with Crippen LogP contribution in [-0.2, 0) is 13.5 Å². The van der Waals surface area contributed by atoms with Crippen molar-refractivity contribution >= 4 is 35.6 Å². The first-order valence-electron chi connectivity index (χ1n) is 10.5. The van der Waals surface area contributed by atoms with Crippen molar-refractivity contribution in [3.63, 3.8) is 0 Å². The SMILES string of the molecule is CCNC(=NCC(O)COc1ccc([N+](=O)[O-])cc1)N1CCC(Cc2cnn(C)c2)C1.I. The molecule has 1 aromatic carbocycles. The van der Waals surface area contributed by atoms with Crippen molar-refractivity contribution in [2.45, 2.75) is 25.9 Å². The van der Waals surface area contributed by atoms with E-state index in [1.807, 2.05) is 24.9 Å². The molecule has 1 aliphatic rings. The molecule has 1 saturated heterocycles. The summed E-state index contributed by atoms with van der Waals surface area (Å²) in [7, 11) is 1.93. The third-order valence-corrected chi connectivity index (χ3v) is 5.14. The molecular weight excluding hydrogens is 527 g/mol. The summed E-state index contributed by atoms with van der Waals surface area (Å²) in [6.07, 6.45) is 5.28. The lowest BCUT2D eigenvalue weighted by atomic mass is 10.0. The number of nitro benzene ring substituents is 1. The topological polar surface area (TPSA) is 118 Å². The fraction of sp³-hybridized carbons (Fsp3) is 0.524. The van der Waals surface area contributed by atoms with E-state index in [9.17, 15) is 15.2 Å². The molecule has 11 heteroatoms. The predicted molar refractivity (Wildman–Crippen MR) is 133 cm³/mol. The minimum atomic E-state index is -0.780. The van der Waals surface area contributed by atoms with Crippen LogP contribution in [0.25, 0.3) is 0 Å². The van der Waals surface area contributed by atoms with E-state index in [1.54, 1.807) is 0 Å². The highest BCUT2D eigenvalue weighted by Gasteiger charge is 2.25. The summed E-state index contributed by atoms with van der Waals surface area (Å²) in [5, 5.41) is 28.5. The molecule has 1 fully saturated rings. The zero-order valence-electron chi connectivity index (χ0n) is 18.4. The van der Waals surface area contributed by atoms with Crippen LogP contribution in [0.5, 0.6) is 5.75 Å². The van der Waals surface area contributed by atoms with Crippen molar-refractivity contribution in [2.24, 2.45) is 18.0 Å². The van der Waals surface area contributed by atoms with Crippen molar-refractivity contribution in [2.75, 3.05) is 32.8 Å². The number of nitrogens with zero attached hydrogens (tertiary/aromatic N) is 5. The number of nitro groups is 1. The van der Waals surface area contributed by atoms with E-state index in [1.165, 1.54) is 29.8 Å². The number of non-ortho nitro benzene ring substituents is 1. The number of aromatic nitrogens is 2. The highest BCUT2D eigenvalue weighted by atomic mass is 127. The predicted octanol–water partition coefficient (Wildman–Crippen LogP) is 2.22. The number of rotatable bonds is 9. The Morgan fingerprint density at radius 2 is 2.19 bits per heavy atom. The van der Waals surface area contributed by atoms with Gasteiger partial charge < -0.3 is 20.1 Å². The highest BCUT2D eigenvalue weighted by Crippen LogP contribution is 2.21. The lowest BCUT2D eigenvalue weighted by Crippen LogP contribution is -2.41. The quantitative estimate of drug-likeness (QED) is 0.159. The molecule has 3 rings (SSSR count). The molecule has 2 heterocycles. The molecule has 2 unspecified atom stereocenters. The molecule has 1 aliphatic heterocycles. The molecule has 0 amide bonds. The van der Waals surface area contributed by atoms with Crippen LogP contribution in [0.3, 0.4) is 0 Å². The van der Waals surface area contributed by atoms with Crippen LogP contribution in [-0.4, -0.2) is 69.6 Å². The van der Waals surface area contributed by atoms with Gasteiger partial charge in [-0.15, -0.1) is 24.0 Å². The number of likely N-dealkylation sites (tertiary alicyclic amines) is 1. The maximum atomic E-state index is 10.7. The van der Waals surface area contributed by atoms with Crippen LogP contribution in [0, 0.1) is 16.0 Å². The van der Waals surface area contributed by atoms with E-state index in [0.717, 1.165) is 38.4 Å². The number of nitrogens with one attached hydrogen (secondary N) is 1. The molecular formula is C21H31IN6O4. The number of aliphatic imine (C=N–C) groups is 1. The second-order valence-electron chi connectivity index (χ2n) is 7.74. The second kappa shape index (κ2) is 12.6. The van der Waals surface area contributed by atoms with Gasteiger partial charge in [0.2, 0.25) is 0 Å². The summed E-state index contributed by atoms with van der Waals surface area (Å²) < 4.78 is 7.35. The molecule has 10 nitrogen and oxygen atoms in total. The smallest absolute Gasteiger partial charge is 0.269 e. The van der Waals surface area contributed by atoms with E-state index in [-0.39, 0.29) is 42.8 Å². The molecule has 2 N–H and O–H groups in total. The maximum absolute atomic E-state index is 10.7. The fourth-order valence-electron chi connectivity index (χ4n) is 3.63. The summed E-state index contributed by atoms with van der Waals surface area (Å²) in [4.78, 5) is 17.1. The Kier molecular flexibility index (Phi) is 10.2. The maximum Gasteiger partial charge on any atom is 0.269 e. The number of aliphatic hydroxyl groups excluding tert-OH is 1. The van der Waals surface area contributed by atoms with Gasteiger partial charge in [-0.1, -0.05) is 0 Å². The molecule has 1 aromatic heterocycles. The minimum absolute atomic E-state index is 0. The lowest BCUT2D eigenvalue weighted by molar-refractivity contribution is -0.384. The van der Waals surface area contributed by atoms with E-state index < -0.39 is 11.0 Å². The standard InChI is InChI=1S/C21H30N6O4.HI/c1-3-22-21(26-9-8-16(14-26)10-17-11-24-25(2)13-17)23-12-19(28)15-31-20-6-4-18(5-7-20)27(29)30;/h4-7,11,13,16,19,28H,3,8-10,12,14-15H2,1-2H3,(H,22,23);1H. The molecule has 0 radical (unpaired) electrons. The van der Waals surface area contributed by atoms with E-state index in [0.29, 0.717) is 11.7 Å². The zero-order chi connectivity index (χ0) is 22.2. The van der Waals surface area contributed by atoms with Gasteiger partial charge in [0.05, 0.1) is 17.7 Å². The number of hydrogen-bond donors (Lipinski definition) is 2. The number of ether oxygens (including phenoxy) is 1. The van der Waals surface area contributed by atoms with Crippen molar-refractivity contribution in [3.05, 3.63) is 52.3 Å². The summed E-state index contributed by atoms with van der Waals surface area (Å²) in [5.74, 6) is 1.81. The molecule has 2 aromatic rings. The highest BCUT2D eigenvalue weighted by molar-refractivity contribution is 14.0. The van der Waals surface area contributed by atoms with E-state index >= 15 is 0 Å². The van der Waals surface area contributed by atoms with Crippen LogP contribution < -0.4 is 10.1 Å². The van der Waals surface area contributed by atoms with Crippen LogP contribution >= 0.6 is 24.0 Å². The summed E-state index contributed by atoms with van der Waals surface area (Å²) >= 11 is 0. The number of hydrogen-bond acceptors (Lipinski definition) is 6. The average molecular weight is 558 g/mol. The Labute approximate surface area is 204 Å². The Morgan fingerprint density at radius 1 is 1.44 bits per heavy atom. The van der Waals surface area contributed by atoms with Gasteiger partial charge in [0.1, 0.15) is 18.5 Å². The number of benzene rings is 1. The lowest BCUT2D eigenvalue weighted by Gasteiger charge is -2.22. The third-order valence-electron chi connectivity index (χ3n) is 5.14. The first-order valence-corrected chi connectivity index (χ1v) is 10.5. The molecule has 0 spiro atoms. The molecule has 176 valence electrons. The first kappa shape index (κ1) is 25.8. The van der Waals surface area contributed by atoms with Crippen LogP contribution in [0.1, 0.15) is 18.9 Å². The molecule has 0 bridgehead atoms. The van der Waals surface area contributed by atoms with Gasteiger partial charge >= 0.3 is 0 Å². The summed E-state index contributed by atoms with van der Waals surface area (Å²) in [5.41, 5.74) is 1.25. The first-order chi connectivity index (χ1) is 14.9. The number of aliphatic hydroxyl groups is 1. The zero-order valence-corrected chi connectivity index (χ0v) is 20.7. The van der Waals surface area contributed by atoms with Gasteiger partial charge in [-0.3, -0.25) is 19.8 Å². The largest absolute Gasteiger partial charge is 0.491 e. The van der Waals surface area contributed by atoms with Gasteiger partial charge in [0, 0.05) is 45.0 Å². The Morgan fingerprint density at radius 3 is 2.81 bits per heavy atom. The van der Waals surface area contributed by atoms with Crippen molar-refractivity contribution in [1.82, 2.24) is 20.0 Å². The Bertz CT molecular complexity index is 889. The monoisotopic (exact) mass is 558 g/mol. The molecule has 32 heavy (non-hydrogen) atoms. The normalized spacial score (nSPS) is 17.0. The van der Waals surface area contributed by atoms with Gasteiger partial charge in [-0.25, -0.2) is 0 Å². The summed E-state index contributed by atoms with van der Waals surface area (Å²) in [6.45, 7) is 4.87. The third kappa shape index (κ3) is 7.62. The minimum Gasteiger partial charge on any atom is -0.491 e. The number of aryl methyl sites for hydroxylation is 1. The van der Waals surface area contributed by atoms with Crippen LogP contribution in [0.4, 0.5) is 5.69 Å². The van der Waals surface area contributed by atoms with Crippen molar-refractivity contribution in [3.8, 4) is 5.75 Å². The summed E-state index contributed by atoms with van der Waals surface area (Å²) in [6, 6.07) is 5.78. The van der Waals surface area contributed by atoms with Crippen LogP contribution in [0.2, 0.25) is 0 Å². The van der Waals surface area contributed by atoms with Gasteiger partial charge in [0.15, 0.2) is 5.96 Å². The Balaban J connectivity index is 0.00000363. The van der Waals surface area contributed by atoms with Gasteiger partial charge in [0.25, 0.3) is 5.69 Å². The van der Waals surface area contributed by atoms with Gasteiger partial charge in [-0.05, 0) is 43.4 Å². The Hall–Kier alpha value is -2.41. The molecule has 0 saturated carbocycles. The van der Waals surface area contributed by atoms with E-state index in [2.05, 4.69) is 26.5 Å². The molecule has 2 atom stereocenters. The van der Waals surface area contributed by atoms with Crippen molar-refractivity contribution < 1.29 is 14.8 Å². The van der Waals surface area contributed by atoms with Crippen molar-refractivity contribution in [1.29, 1.82) is 0 Å². The second-order valence-corrected chi connectivity index (χ2v) is 7.74. The molecule has 0 aliphatic carbocycles. The number of guanidine groups is 1. The van der Waals surface area contributed by atoms with E-state index in [4.69, 9.17) is 4.74 Å². The average Bonchev–Trinajstić information content (AvgIpc) is 3.39. The van der Waals surface area contributed by atoms with Crippen LogP contribution in [0.15, 0.2) is 41.7 Å².